The van der Waals surface area contributed by atoms with E-state index in [-0.39, 0.29) is 24.0 Å². The fourth-order valence-corrected chi connectivity index (χ4v) is 2.74. The lowest BCUT2D eigenvalue weighted by Crippen LogP contribution is -2.52. The van der Waals surface area contributed by atoms with Crippen LogP contribution in [0.1, 0.15) is 23.2 Å². The summed E-state index contributed by atoms with van der Waals surface area (Å²) in [5, 5.41) is 11.2. The summed E-state index contributed by atoms with van der Waals surface area (Å²) in [6.45, 7) is 8.73. The maximum Gasteiger partial charge on any atom is 0.223 e. The van der Waals surface area contributed by atoms with Crippen LogP contribution in [0.5, 0.6) is 0 Å². The Balaban J connectivity index is 0.00000225. The van der Waals surface area contributed by atoms with Gasteiger partial charge in [-0.25, -0.2) is 0 Å². The number of rotatable bonds is 4. The van der Waals surface area contributed by atoms with Crippen LogP contribution in [-0.4, -0.2) is 64.3 Å². The number of nitrogens with one attached hydrogen (secondary N) is 1. The molecule has 1 fully saturated rings. The van der Waals surface area contributed by atoms with Crippen LogP contribution in [-0.2, 0) is 13.1 Å². The van der Waals surface area contributed by atoms with Gasteiger partial charge >= 0.3 is 0 Å². The first-order valence-corrected chi connectivity index (χ1v) is 8.03. The molecule has 1 N–H and O–H groups in total. The van der Waals surface area contributed by atoms with E-state index in [4.69, 9.17) is 9.05 Å². The molecule has 3 rings (SSSR count). The standard InChI is InChI=1S/C15H23N7O2.HI/c1-11-8-13(19-23-11)10-21-4-6-22(7-5-21)15(16-3)17-9-14-18-12(2)24-20-14;/h8H,4-7,9-10H2,1-3H3,(H,16,17);1H. The van der Waals surface area contributed by atoms with E-state index < -0.39 is 0 Å². The summed E-state index contributed by atoms with van der Waals surface area (Å²) in [5.41, 5.74) is 0.982. The second-order valence-corrected chi connectivity index (χ2v) is 5.82. The molecule has 25 heavy (non-hydrogen) atoms. The maximum absolute atomic E-state index is 5.12. The normalized spacial score (nSPS) is 16.0. The molecule has 0 aliphatic carbocycles. The van der Waals surface area contributed by atoms with Gasteiger partial charge in [-0.2, -0.15) is 4.98 Å². The number of aromatic nitrogens is 3. The van der Waals surface area contributed by atoms with Gasteiger partial charge in [-0.1, -0.05) is 10.3 Å². The molecule has 10 heteroatoms. The van der Waals surface area contributed by atoms with Crippen molar-refractivity contribution in [2.75, 3.05) is 33.2 Å². The fraction of sp³-hybridized carbons (Fsp3) is 0.600. The monoisotopic (exact) mass is 461 g/mol. The Kier molecular flexibility index (Phi) is 7.17. The number of halogens is 1. The summed E-state index contributed by atoms with van der Waals surface area (Å²) < 4.78 is 10.1. The van der Waals surface area contributed by atoms with Crippen LogP contribution in [0.2, 0.25) is 0 Å². The molecule has 1 aliphatic heterocycles. The highest BCUT2D eigenvalue weighted by Crippen LogP contribution is 2.09. The molecule has 1 saturated heterocycles. The highest BCUT2D eigenvalue weighted by Gasteiger charge is 2.20. The number of hydrogen-bond donors (Lipinski definition) is 1. The molecule has 0 aromatic carbocycles. The Labute approximate surface area is 163 Å². The van der Waals surface area contributed by atoms with Crippen molar-refractivity contribution in [3.63, 3.8) is 0 Å². The number of nitrogens with zero attached hydrogens (tertiary/aromatic N) is 6. The molecule has 0 radical (unpaired) electrons. The van der Waals surface area contributed by atoms with Crippen molar-refractivity contribution in [3.05, 3.63) is 29.2 Å². The van der Waals surface area contributed by atoms with E-state index >= 15 is 0 Å². The third kappa shape index (κ3) is 5.39. The second kappa shape index (κ2) is 9.13. The van der Waals surface area contributed by atoms with E-state index in [1.807, 2.05) is 13.0 Å². The van der Waals surface area contributed by atoms with Gasteiger partial charge in [-0.05, 0) is 6.92 Å². The summed E-state index contributed by atoms with van der Waals surface area (Å²) >= 11 is 0. The zero-order valence-electron chi connectivity index (χ0n) is 14.7. The number of aliphatic imine (C=N–C) groups is 1. The molecule has 0 spiro atoms. The zero-order valence-corrected chi connectivity index (χ0v) is 17.1. The molecule has 0 atom stereocenters. The molecule has 1 aliphatic rings. The number of guanidine groups is 1. The van der Waals surface area contributed by atoms with Crippen LogP contribution in [0.3, 0.4) is 0 Å². The van der Waals surface area contributed by atoms with Gasteiger partial charge in [0.25, 0.3) is 0 Å². The van der Waals surface area contributed by atoms with Crippen molar-refractivity contribution < 1.29 is 9.05 Å². The van der Waals surface area contributed by atoms with Crippen molar-refractivity contribution in [2.45, 2.75) is 26.9 Å². The Morgan fingerprint density at radius 2 is 1.96 bits per heavy atom. The lowest BCUT2D eigenvalue weighted by molar-refractivity contribution is 0.169. The fourth-order valence-electron chi connectivity index (χ4n) is 2.74. The van der Waals surface area contributed by atoms with Crippen LogP contribution in [0, 0.1) is 13.8 Å². The molecule has 138 valence electrons. The first-order chi connectivity index (χ1) is 11.6. The molecule has 2 aromatic rings. The minimum atomic E-state index is 0. The van der Waals surface area contributed by atoms with Crippen LogP contribution < -0.4 is 5.32 Å². The van der Waals surface area contributed by atoms with Crippen molar-refractivity contribution >= 4 is 29.9 Å². The first-order valence-electron chi connectivity index (χ1n) is 8.03. The van der Waals surface area contributed by atoms with E-state index in [0.29, 0.717) is 18.3 Å². The Morgan fingerprint density at radius 1 is 1.20 bits per heavy atom. The highest BCUT2D eigenvalue weighted by molar-refractivity contribution is 14.0. The summed E-state index contributed by atoms with van der Waals surface area (Å²) in [6, 6.07) is 1.99. The smallest absolute Gasteiger partial charge is 0.223 e. The number of hydrogen-bond acceptors (Lipinski definition) is 7. The molecule has 0 bridgehead atoms. The first kappa shape index (κ1) is 19.6. The van der Waals surface area contributed by atoms with Crippen LogP contribution >= 0.6 is 24.0 Å². The summed E-state index contributed by atoms with van der Waals surface area (Å²) in [6.07, 6.45) is 0. The van der Waals surface area contributed by atoms with Crippen molar-refractivity contribution in [1.29, 1.82) is 0 Å². The van der Waals surface area contributed by atoms with Crippen molar-refractivity contribution in [2.24, 2.45) is 4.99 Å². The number of piperazine rings is 1. The van der Waals surface area contributed by atoms with Crippen molar-refractivity contribution in [1.82, 2.24) is 30.4 Å². The van der Waals surface area contributed by atoms with Gasteiger partial charge in [0.1, 0.15) is 5.76 Å². The van der Waals surface area contributed by atoms with Gasteiger partial charge in [-0.15, -0.1) is 24.0 Å². The van der Waals surface area contributed by atoms with Crippen LogP contribution in [0.25, 0.3) is 0 Å². The molecule has 2 aromatic heterocycles. The molecule has 3 heterocycles. The molecular weight excluding hydrogens is 437 g/mol. The predicted octanol–water partition coefficient (Wildman–Crippen LogP) is 1.19. The van der Waals surface area contributed by atoms with Crippen LogP contribution in [0.15, 0.2) is 20.1 Å². The third-order valence-electron chi connectivity index (χ3n) is 3.92. The highest BCUT2D eigenvalue weighted by atomic mass is 127. The van der Waals surface area contributed by atoms with Crippen molar-refractivity contribution in [3.8, 4) is 0 Å². The van der Waals surface area contributed by atoms with E-state index in [1.54, 1.807) is 14.0 Å². The minimum absolute atomic E-state index is 0. The molecule has 0 amide bonds. The average Bonchev–Trinajstić information content (AvgIpc) is 3.18. The predicted molar refractivity (Wildman–Crippen MR) is 103 cm³/mol. The summed E-state index contributed by atoms with van der Waals surface area (Å²) in [4.78, 5) is 13.1. The third-order valence-corrected chi connectivity index (χ3v) is 3.92. The SMILES string of the molecule is CN=C(NCc1noc(C)n1)N1CCN(Cc2cc(C)on2)CC1.I. The second-order valence-electron chi connectivity index (χ2n) is 5.82. The lowest BCUT2D eigenvalue weighted by atomic mass is 10.3. The molecule has 0 unspecified atom stereocenters. The minimum Gasteiger partial charge on any atom is -0.361 e. The van der Waals surface area contributed by atoms with Gasteiger partial charge in [0, 0.05) is 52.8 Å². The van der Waals surface area contributed by atoms with E-state index in [0.717, 1.165) is 50.1 Å². The summed E-state index contributed by atoms with van der Waals surface area (Å²) in [7, 11) is 1.79. The van der Waals surface area contributed by atoms with Gasteiger partial charge in [0.05, 0.1) is 12.2 Å². The maximum atomic E-state index is 5.12. The van der Waals surface area contributed by atoms with E-state index in [1.165, 1.54) is 0 Å². The average molecular weight is 461 g/mol. The largest absolute Gasteiger partial charge is 0.361 e. The summed E-state index contributed by atoms with van der Waals surface area (Å²) in [5.74, 6) is 2.91. The molecule has 9 nitrogen and oxygen atoms in total. The lowest BCUT2D eigenvalue weighted by Gasteiger charge is -2.36. The van der Waals surface area contributed by atoms with Crippen LogP contribution in [0.4, 0.5) is 0 Å². The van der Waals surface area contributed by atoms with E-state index in [9.17, 15) is 0 Å². The Bertz CT molecular complexity index is 692. The van der Waals surface area contributed by atoms with Gasteiger partial charge in [-0.3, -0.25) is 9.89 Å². The Hall–Kier alpha value is -1.69. The Morgan fingerprint density at radius 3 is 2.52 bits per heavy atom. The molecular formula is C15H24IN7O2. The van der Waals surface area contributed by atoms with Gasteiger partial charge in [0.2, 0.25) is 5.89 Å². The van der Waals surface area contributed by atoms with Gasteiger partial charge < -0.3 is 19.3 Å². The topological polar surface area (TPSA) is 95.8 Å². The number of aryl methyl sites for hydroxylation is 2. The molecule has 0 saturated carbocycles. The van der Waals surface area contributed by atoms with Gasteiger partial charge in [0.15, 0.2) is 11.8 Å². The zero-order chi connectivity index (χ0) is 16.9. The van der Waals surface area contributed by atoms with E-state index in [2.05, 4.69) is 35.4 Å². The quantitative estimate of drug-likeness (QED) is 0.412.